The molecule has 1 heterocycles. The van der Waals surface area contributed by atoms with E-state index in [9.17, 15) is 0 Å². The highest BCUT2D eigenvalue weighted by atomic mass is 79.9. The van der Waals surface area contributed by atoms with E-state index in [2.05, 4.69) is 33.2 Å². The Morgan fingerprint density at radius 1 is 1.56 bits per heavy atom. The molecule has 1 aromatic carbocycles. The molecule has 0 spiro atoms. The zero-order valence-corrected chi connectivity index (χ0v) is 12.8. The van der Waals surface area contributed by atoms with Gasteiger partial charge in [0.25, 0.3) is 0 Å². The first-order chi connectivity index (χ1) is 8.65. The number of halogens is 2. The molecule has 0 saturated carbocycles. The highest BCUT2D eigenvalue weighted by Gasteiger charge is 2.16. The summed E-state index contributed by atoms with van der Waals surface area (Å²) in [7, 11) is 2.13. The Morgan fingerprint density at radius 2 is 2.39 bits per heavy atom. The SMILES string of the molecule is CN1CCOC(CNCc2ccc(Br)cc2Cl)C1. The van der Waals surface area contributed by atoms with Gasteiger partial charge in [-0.3, -0.25) is 0 Å². The first kappa shape index (κ1) is 14.3. The molecule has 1 saturated heterocycles. The van der Waals surface area contributed by atoms with E-state index in [1.807, 2.05) is 18.2 Å². The predicted molar refractivity (Wildman–Crippen MR) is 78.1 cm³/mol. The van der Waals surface area contributed by atoms with Crippen molar-refractivity contribution in [3.05, 3.63) is 33.3 Å². The summed E-state index contributed by atoms with van der Waals surface area (Å²) >= 11 is 9.57. The zero-order valence-electron chi connectivity index (χ0n) is 10.5. The van der Waals surface area contributed by atoms with Crippen molar-refractivity contribution >= 4 is 27.5 Å². The molecule has 1 fully saturated rings. The summed E-state index contributed by atoms with van der Waals surface area (Å²) in [6.07, 6.45) is 0.276. The molecule has 1 aliphatic rings. The molecule has 0 aliphatic carbocycles. The Bertz CT molecular complexity index is 403. The maximum absolute atomic E-state index is 6.16. The standard InChI is InChI=1S/C13H18BrClN2O/c1-17-4-5-18-12(9-17)8-16-7-10-2-3-11(14)6-13(10)15/h2-3,6,12,16H,4-5,7-9H2,1H3. The number of benzene rings is 1. The number of hydrogen-bond acceptors (Lipinski definition) is 3. The largest absolute Gasteiger partial charge is 0.374 e. The molecule has 0 radical (unpaired) electrons. The van der Waals surface area contributed by atoms with Gasteiger partial charge in [-0.15, -0.1) is 0 Å². The van der Waals surface area contributed by atoms with E-state index in [-0.39, 0.29) is 6.10 Å². The third kappa shape index (κ3) is 4.21. The van der Waals surface area contributed by atoms with E-state index in [4.69, 9.17) is 16.3 Å². The van der Waals surface area contributed by atoms with Crippen molar-refractivity contribution in [2.24, 2.45) is 0 Å². The second-order valence-electron chi connectivity index (χ2n) is 4.62. The van der Waals surface area contributed by atoms with Gasteiger partial charge in [-0.05, 0) is 24.7 Å². The summed E-state index contributed by atoms with van der Waals surface area (Å²) in [6.45, 7) is 4.46. The molecule has 0 bridgehead atoms. The topological polar surface area (TPSA) is 24.5 Å². The maximum atomic E-state index is 6.16. The molecule has 0 amide bonds. The molecule has 100 valence electrons. The fraction of sp³-hybridized carbons (Fsp3) is 0.538. The van der Waals surface area contributed by atoms with Crippen LogP contribution >= 0.6 is 27.5 Å². The van der Waals surface area contributed by atoms with Crippen LogP contribution in [0.5, 0.6) is 0 Å². The number of ether oxygens (including phenoxy) is 1. The molecule has 1 aromatic rings. The minimum Gasteiger partial charge on any atom is -0.374 e. The number of rotatable bonds is 4. The van der Waals surface area contributed by atoms with Gasteiger partial charge in [0.1, 0.15) is 0 Å². The molecule has 3 nitrogen and oxygen atoms in total. The monoisotopic (exact) mass is 332 g/mol. The van der Waals surface area contributed by atoms with E-state index >= 15 is 0 Å². The van der Waals surface area contributed by atoms with E-state index < -0.39 is 0 Å². The summed E-state index contributed by atoms with van der Waals surface area (Å²) in [5.41, 5.74) is 1.11. The number of nitrogens with zero attached hydrogens (tertiary/aromatic N) is 1. The minimum absolute atomic E-state index is 0.276. The lowest BCUT2D eigenvalue weighted by Gasteiger charge is -2.30. The smallest absolute Gasteiger partial charge is 0.0826 e. The number of nitrogens with one attached hydrogen (secondary N) is 1. The number of likely N-dealkylation sites (N-methyl/N-ethyl adjacent to an activating group) is 1. The fourth-order valence-electron chi connectivity index (χ4n) is 2.02. The molecule has 0 aromatic heterocycles. The number of morpholine rings is 1. The van der Waals surface area contributed by atoms with Crippen molar-refractivity contribution in [2.45, 2.75) is 12.6 Å². The average molecular weight is 334 g/mol. The van der Waals surface area contributed by atoms with Crippen LogP contribution in [0.25, 0.3) is 0 Å². The van der Waals surface area contributed by atoms with Crippen molar-refractivity contribution in [1.29, 1.82) is 0 Å². The molecule has 2 rings (SSSR count). The van der Waals surface area contributed by atoms with Crippen molar-refractivity contribution in [3.8, 4) is 0 Å². The Kier molecular flexibility index (Phi) is 5.45. The van der Waals surface area contributed by atoms with Gasteiger partial charge in [-0.1, -0.05) is 33.6 Å². The predicted octanol–water partition coefficient (Wildman–Crippen LogP) is 2.52. The summed E-state index contributed by atoms with van der Waals surface area (Å²) < 4.78 is 6.70. The van der Waals surface area contributed by atoms with Crippen LogP contribution in [0.15, 0.2) is 22.7 Å². The molecular weight excluding hydrogens is 316 g/mol. The van der Waals surface area contributed by atoms with Crippen LogP contribution in [-0.4, -0.2) is 44.3 Å². The van der Waals surface area contributed by atoms with Gasteiger partial charge in [-0.2, -0.15) is 0 Å². The van der Waals surface area contributed by atoms with Crippen molar-refractivity contribution in [3.63, 3.8) is 0 Å². The lowest BCUT2D eigenvalue weighted by atomic mass is 10.2. The van der Waals surface area contributed by atoms with Gasteiger partial charge in [0, 0.05) is 35.7 Å². The lowest BCUT2D eigenvalue weighted by molar-refractivity contribution is -0.0182. The molecule has 1 atom stereocenters. The third-order valence-electron chi connectivity index (χ3n) is 3.04. The van der Waals surface area contributed by atoms with Crippen LogP contribution in [0.3, 0.4) is 0 Å². The molecule has 5 heteroatoms. The fourth-order valence-corrected chi connectivity index (χ4v) is 2.76. The maximum Gasteiger partial charge on any atom is 0.0826 e. The quantitative estimate of drug-likeness (QED) is 0.916. The summed E-state index contributed by atoms with van der Waals surface area (Å²) in [4.78, 5) is 2.29. The minimum atomic E-state index is 0.276. The van der Waals surface area contributed by atoms with E-state index in [1.165, 1.54) is 0 Å². The van der Waals surface area contributed by atoms with Crippen LogP contribution in [-0.2, 0) is 11.3 Å². The summed E-state index contributed by atoms with van der Waals surface area (Å²) in [5.74, 6) is 0. The van der Waals surface area contributed by atoms with E-state index in [1.54, 1.807) is 0 Å². The molecule has 1 aliphatic heterocycles. The van der Waals surface area contributed by atoms with Gasteiger partial charge in [0.15, 0.2) is 0 Å². The third-order valence-corrected chi connectivity index (χ3v) is 3.89. The Balaban J connectivity index is 1.77. The Hall–Kier alpha value is -0.130. The average Bonchev–Trinajstić information content (AvgIpc) is 2.32. The van der Waals surface area contributed by atoms with Gasteiger partial charge in [0.05, 0.1) is 12.7 Å². The van der Waals surface area contributed by atoms with Crippen molar-refractivity contribution in [2.75, 3.05) is 33.3 Å². The van der Waals surface area contributed by atoms with Gasteiger partial charge < -0.3 is 15.0 Å². The lowest BCUT2D eigenvalue weighted by Crippen LogP contribution is -2.44. The first-order valence-electron chi connectivity index (χ1n) is 6.10. The first-order valence-corrected chi connectivity index (χ1v) is 7.27. The van der Waals surface area contributed by atoms with Gasteiger partial charge >= 0.3 is 0 Å². The van der Waals surface area contributed by atoms with Crippen LogP contribution in [0, 0.1) is 0 Å². The molecule has 1 unspecified atom stereocenters. The van der Waals surface area contributed by atoms with E-state index in [0.717, 1.165) is 47.8 Å². The number of hydrogen-bond donors (Lipinski definition) is 1. The molecule has 1 N–H and O–H groups in total. The second-order valence-corrected chi connectivity index (χ2v) is 5.94. The summed E-state index contributed by atoms with van der Waals surface area (Å²) in [5, 5.41) is 4.19. The molecular formula is C13H18BrClN2O. The van der Waals surface area contributed by atoms with Gasteiger partial charge in [0.2, 0.25) is 0 Å². The Labute approximate surface area is 122 Å². The van der Waals surface area contributed by atoms with Crippen LogP contribution < -0.4 is 5.32 Å². The van der Waals surface area contributed by atoms with Crippen LogP contribution in [0.1, 0.15) is 5.56 Å². The van der Waals surface area contributed by atoms with Crippen molar-refractivity contribution < 1.29 is 4.74 Å². The summed E-state index contributed by atoms with van der Waals surface area (Å²) in [6, 6.07) is 5.96. The second kappa shape index (κ2) is 6.87. The Morgan fingerprint density at radius 3 is 3.11 bits per heavy atom. The highest BCUT2D eigenvalue weighted by molar-refractivity contribution is 9.10. The zero-order chi connectivity index (χ0) is 13.0. The van der Waals surface area contributed by atoms with Crippen LogP contribution in [0.4, 0.5) is 0 Å². The van der Waals surface area contributed by atoms with E-state index in [0.29, 0.717) is 0 Å². The van der Waals surface area contributed by atoms with Gasteiger partial charge in [-0.25, -0.2) is 0 Å². The highest BCUT2D eigenvalue weighted by Crippen LogP contribution is 2.21. The van der Waals surface area contributed by atoms with Crippen molar-refractivity contribution in [1.82, 2.24) is 10.2 Å². The van der Waals surface area contributed by atoms with Crippen LogP contribution in [0.2, 0.25) is 5.02 Å². The molecule has 18 heavy (non-hydrogen) atoms. The normalized spacial score (nSPS) is 21.2.